The summed E-state index contributed by atoms with van der Waals surface area (Å²) < 4.78 is 0. The number of carbonyl (C=O) groups excluding carboxylic acids is 2. The predicted molar refractivity (Wildman–Crippen MR) is 63.6 cm³/mol. The van der Waals surface area contributed by atoms with Gasteiger partial charge in [0.1, 0.15) is 6.54 Å². The molecule has 0 aliphatic carbocycles. The zero-order valence-electron chi connectivity index (χ0n) is 8.92. The molecule has 0 spiro atoms. The van der Waals surface area contributed by atoms with Gasteiger partial charge in [0.15, 0.2) is 11.6 Å². The SMILES string of the molecule is O=C(CN1CSCC1=O)Nc1ncccc1O. The van der Waals surface area contributed by atoms with Gasteiger partial charge in [0, 0.05) is 6.20 Å². The van der Waals surface area contributed by atoms with Crippen LogP contribution in [0.3, 0.4) is 0 Å². The number of nitrogens with zero attached hydrogens (tertiary/aromatic N) is 2. The van der Waals surface area contributed by atoms with Gasteiger partial charge in [-0.1, -0.05) is 0 Å². The predicted octanol–water partition coefficient (Wildman–Crippen LogP) is 0.259. The van der Waals surface area contributed by atoms with Gasteiger partial charge in [0.2, 0.25) is 11.8 Å². The van der Waals surface area contributed by atoms with Gasteiger partial charge in [-0.05, 0) is 12.1 Å². The fraction of sp³-hybridized carbons (Fsp3) is 0.300. The second-order valence-electron chi connectivity index (χ2n) is 3.49. The summed E-state index contributed by atoms with van der Waals surface area (Å²) in [4.78, 5) is 28.2. The number of nitrogens with one attached hydrogen (secondary N) is 1. The fourth-order valence-electron chi connectivity index (χ4n) is 1.38. The lowest BCUT2D eigenvalue weighted by Crippen LogP contribution is -2.34. The zero-order valence-corrected chi connectivity index (χ0v) is 9.74. The number of amides is 2. The highest BCUT2D eigenvalue weighted by Gasteiger charge is 2.23. The summed E-state index contributed by atoms with van der Waals surface area (Å²) in [5, 5.41) is 11.9. The Hall–Kier alpha value is -1.76. The summed E-state index contributed by atoms with van der Waals surface area (Å²) in [5.41, 5.74) is 0. The van der Waals surface area contributed by atoms with Gasteiger partial charge in [0.05, 0.1) is 11.6 Å². The Morgan fingerprint density at radius 2 is 2.47 bits per heavy atom. The maximum absolute atomic E-state index is 11.6. The van der Waals surface area contributed by atoms with Crippen LogP contribution in [-0.2, 0) is 9.59 Å². The molecule has 1 saturated heterocycles. The van der Waals surface area contributed by atoms with Crippen LogP contribution in [0.1, 0.15) is 0 Å². The highest BCUT2D eigenvalue weighted by atomic mass is 32.2. The van der Waals surface area contributed by atoms with Crippen molar-refractivity contribution in [3.05, 3.63) is 18.3 Å². The summed E-state index contributed by atoms with van der Waals surface area (Å²) in [5.74, 6) is 0.549. The molecule has 0 unspecified atom stereocenters. The fourth-order valence-corrected chi connectivity index (χ4v) is 2.28. The van der Waals surface area contributed by atoms with E-state index in [2.05, 4.69) is 10.3 Å². The number of carbonyl (C=O) groups is 2. The first kappa shape index (κ1) is 11.7. The van der Waals surface area contributed by atoms with Crippen molar-refractivity contribution in [1.29, 1.82) is 0 Å². The Morgan fingerprint density at radius 3 is 3.12 bits per heavy atom. The summed E-state index contributed by atoms with van der Waals surface area (Å²) in [6.07, 6.45) is 1.46. The number of aromatic nitrogens is 1. The van der Waals surface area contributed by atoms with E-state index in [0.717, 1.165) is 0 Å². The first-order valence-corrected chi connectivity index (χ1v) is 6.11. The molecule has 2 amide bonds. The maximum atomic E-state index is 11.6. The third kappa shape index (κ3) is 2.88. The Bertz CT molecular complexity index is 452. The molecule has 17 heavy (non-hydrogen) atoms. The molecule has 1 aliphatic heterocycles. The van der Waals surface area contributed by atoms with Gasteiger partial charge in [-0.3, -0.25) is 9.59 Å². The molecule has 6 nitrogen and oxygen atoms in total. The number of hydrogen-bond acceptors (Lipinski definition) is 5. The molecule has 0 bridgehead atoms. The van der Waals surface area contributed by atoms with E-state index >= 15 is 0 Å². The number of pyridine rings is 1. The summed E-state index contributed by atoms with van der Waals surface area (Å²) in [6, 6.07) is 2.99. The third-order valence-electron chi connectivity index (χ3n) is 2.20. The van der Waals surface area contributed by atoms with Crippen LogP contribution in [-0.4, -0.2) is 45.0 Å². The van der Waals surface area contributed by atoms with Crippen molar-refractivity contribution in [3.8, 4) is 5.75 Å². The van der Waals surface area contributed by atoms with Crippen LogP contribution in [0.15, 0.2) is 18.3 Å². The monoisotopic (exact) mass is 253 g/mol. The van der Waals surface area contributed by atoms with Gasteiger partial charge in [-0.2, -0.15) is 0 Å². The minimum absolute atomic E-state index is 0.0121. The number of rotatable bonds is 3. The van der Waals surface area contributed by atoms with Crippen LogP contribution < -0.4 is 5.32 Å². The lowest BCUT2D eigenvalue weighted by atomic mass is 10.4. The van der Waals surface area contributed by atoms with E-state index in [9.17, 15) is 14.7 Å². The minimum atomic E-state index is -0.366. The van der Waals surface area contributed by atoms with Crippen molar-refractivity contribution < 1.29 is 14.7 Å². The summed E-state index contributed by atoms with van der Waals surface area (Å²) in [7, 11) is 0. The van der Waals surface area contributed by atoms with Gasteiger partial charge in [-0.15, -0.1) is 11.8 Å². The van der Waals surface area contributed by atoms with E-state index in [0.29, 0.717) is 11.6 Å². The standard InChI is InChI=1S/C10H11N3O3S/c14-7-2-1-3-11-10(7)12-8(15)4-13-6-17-5-9(13)16/h1-3,14H,4-6H2,(H,11,12,15). The van der Waals surface area contributed by atoms with E-state index in [1.165, 1.54) is 28.9 Å². The topological polar surface area (TPSA) is 82.5 Å². The second kappa shape index (κ2) is 5.05. The molecule has 2 rings (SSSR count). The van der Waals surface area contributed by atoms with Gasteiger partial charge >= 0.3 is 0 Å². The third-order valence-corrected chi connectivity index (χ3v) is 3.15. The van der Waals surface area contributed by atoms with Crippen LogP contribution in [0, 0.1) is 0 Å². The molecule has 2 heterocycles. The smallest absolute Gasteiger partial charge is 0.245 e. The maximum Gasteiger partial charge on any atom is 0.245 e. The molecule has 7 heteroatoms. The van der Waals surface area contributed by atoms with Crippen LogP contribution in [0.5, 0.6) is 5.75 Å². The molecule has 1 aliphatic rings. The molecule has 0 aromatic carbocycles. The van der Waals surface area contributed by atoms with Crippen molar-refractivity contribution in [3.63, 3.8) is 0 Å². The number of thioether (sulfide) groups is 1. The van der Waals surface area contributed by atoms with Gasteiger partial charge in [0.25, 0.3) is 0 Å². The second-order valence-corrected chi connectivity index (χ2v) is 4.44. The average Bonchev–Trinajstić information content (AvgIpc) is 2.68. The molecular weight excluding hydrogens is 242 g/mol. The highest BCUT2D eigenvalue weighted by Crippen LogP contribution is 2.19. The molecule has 0 radical (unpaired) electrons. The van der Waals surface area contributed by atoms with Crippen LogP contribution in [0.25, 0.3) is 0 Å². The zero-order chi connectivity index (χ0) is 12.3. The Kier molecular flexibility index (Phi) is 3.48. The van der Waals surface area contributed by atoms with E-state index in [-0.39, 0.29) is 29.9 Å². The molecule has 2 N–H and O–H groups in total. The van der Waals surface area contributed by atoms with E-state index < -0.39 is 0 Å². The number of anilines is 1. The molecule has 1 fully saturated rings. The molecule has 1 aromatic rings. The van der Waals surface area contributed by atoms with E-state index in [1.54, 1.807) is 6.07 Å². The first-order chi connectivity index (χ1) is 8.16. The van der Waals surface area contributed by atoms with Crippen LogP contribution in [0.2, 0.25) is 0 Å². The quantitative estimate of drug-likeness (QED) is 0.807. The largest absolute Gasteiger partial charge is 0.504 e. The van der Waals surface area contributed by atoms with Crippen molar-refractivity contribution >= 4 is 29.4 Å². The van der Waals surface area contributed by atoms with Crippen LogP contribution in [0.4, 0.5) is 5.82 Å². The lowest BCUT2D eigenvalue weighted by Gasteiger charge is -2.14. The van der Waals surface area contributed by atoms with Crippen molar-refractivity contribution in [2.24, 2.45) is 0 Å². The first-order valence-electron chi connectivity index (χ1n) is 4.96. The average molecular weight is 253 g/mol. The Balaban J connectivity index is 1.93. The van der Waals surface area contributed by atoms with E-state index in [4.69, 9.17) is 0 Å². The number of hydrogen-bond donors (Lipinski definition) is 2. The minimum Gasteiger partial charge on any atom is -0.504 e. The van der Waals surface area contributed by atoms with E-state index in [1.807, 2.05) is 0 Å². The molecule has 0 saturated carbocycles. The van der Waals surface area contributed by atoms with Crippen molar-refractivity contribution in [2.75, 3.05) is 23.5 Å². The molecule has 90 valence electrons. The lowest BCUT2D eigenvalue weighted by molar-refractivity contribution is -0.130. The van der Waals surface area contributed by atoms with Gasteiger partial charge < -0.3 is 15.3 Å². The highest BCUT2D eigenvalue weighted by molar-refractivity contribution is 8.00. The van der Waals surface area contributed by atoms with Crippen molar-refractivity contribution in [2.45, 2.75) is 0 Å². The van der Waals surface area contributed by atoms with Crippen LogP contribution >= 0.6 is 11.8 Å². The molecular formula is C10H11N3O3S. The van der Waals surface area contributed by atoms with Crippen molar-refractivity contribution in [1.82, 2.24) is 9.88 Å². The summed E-state index contributed by atoms with van der Waals surface area (Å²) >= 11 is 1.47. The summed E-state index contributed by atoms with van der Waals surface area (Å²) in [6.45, 7) is -0.0121. The Morgan fingerprint density at radius 1 is 1.65 bits per heavy atom. The normalized spacial score (nSPS) is 15.1. The molecule has 1 aromatic heterocycles. The van der Waals surface area contributed by atoms with Gasteiger partial charge in [-0.25, -0.2) is 4.98 Å². The number of aromatic hydroxyl groups is 1. The molecule has 0 atom stereocenters. The Labute approximate surface area is 102 Å².